The highest BCUT2D eigenvalue weighted by Crippen LogP contribution is 2.24. The Morgan fingerprint density at radius 1 is 1.33 bits per heavy atom. The number of rotatable bonds is 4. The molecule has 21 heavy (non-hydrogen) atoms. The molecule has 3 rings (SSSR count). The molecule has 0 aliphatic rings. The number of hydrogen-bond donors (Lipinski definition) is 2. The molecule has 0 unspecified atom stereocenters. The lowest BCUT2D eigenvalue weighted by Gasteiger charge is -2.05. The Morgan fingerprint density at radius 3 is 3.05 bits per heavy atom. The van der Waals surface area contributed by atoms with Crippen molar-refractivity contribution in [2.75, 3.05) is 18.4 Å². The fraction of sp³-hybridized carbons (Fsp3) is 0.133. The van der Waals surface area contributed by atoms with Gasteiger partial charge in [0.1, 0.15) is 5.82 Å². The zero-order chi connectivity index (χ0) is 14.7. The SMILES string of the molecule is N#Cc1ccn2ncc(-c3cccc(NCCN)n3)c2c1. The summed E-state index contributed by atoms with van der Waals surface area (Å²) < 4.78 is 1.73. The van der Waals surface area contributed by atoms with Crippen molar-refractivity contribution >= 4 is 11.3 Å². The number of nitrogens with two attached hydrogens (primary N) is 1. The van der Waals surface area contributed by atoms with Crippen molar-refractivity contribution in [2.45, 2.75) is 0 Å². The molecular formula is C15H14N6. The van der Waals surface area contributed by atoms with Crippen LogP contribution in [0.4, 0.5) is 5.82 Å². The van der Waals surface area contributed by atoms with Crippen LogP contribution in [0.5, 0.6) is 0 Å². The van der Waals surface area contributed by atoms with Crippen LogP contribution >= 0.6 is 0 Å². The smallest absolute Gasteiger partial charge is 0.126 e. The van der Waals surface area contributed by atoms with Crippen LogP contribution in [0.2, 0.25) is 0 Å². The number of pyridine rings is 2. The molecule has 0 spiro atoms. The van der Waals surface area contributed by atoms with E-state index in [0.29, 0.717) is 18.7 Å². The summed E-state index contributed by atoms with van der Waals surface area (Å²) in [4.78, 5) is 4.56. The summed E-state index contributed by atoms with van der Waals surface area (Å²) in [5.41, 5.74) is 8.64. The van der Waals surface area contributed by atoms with Crippen LogP contribution in [-0.4, -0.2) is 27.7 Å². The maximum Gasteiger partial charge on any atom is 0.126 e. The minimum absolute atomic E-state index is 0.550. The maximum atomic E-state index is 9.02. The average Bonchev–Trinajstić information content (AvgIpc) is 2.96. The second-order valence-electron chi connectivity index (χ2n) is 4.54. The zero-order valence-corrected chi connectivity index (χ0v) is 11.3. The van der Waals surface area contributed by atoms with Crippen LogP contribution < -0.4 is 11.1 Å². The van der Waals surface area contributed by atoms with Crippen molar-refractivity contribution in [3.63, 3.8) is 0 Å². The fourth-order valence-corrected chi connectivity index (χ4v) is 2.13. The van der Waals surface area contributed by atoms with Gasteiger partial charge in [-0.25, -0.2) is 9.50 Å². The first-order chi connectivity index (χ1) is 10.3. The summed E-state index contributed by atoms with van der Waals surface area (Å²) >= 11 is 0. The zero-order valence-electron chi connectivity index (χ0n) is 11.3. The molecule has 0 fully saturated rings. The molecule has 0 saturated carbocycles. The molecule has 0 radical (unpaired) electrons. The lowest BCUT2D eigenvalue weighted by atomic mass is 10.1. The molecule has 0 amide bonds. The minimum atomic E-state index is 0.550. The molecule has 0 atom stereocenters. The third-order valence-corrected chi connectivity index (χ3v) is 3.13. The predicted molar refractivity (Wildman–Crippen MR) is 80.7 cm³/mol. The van der Waals surface area contributed by atoms with Crippen molar-refractivity contribution in [2.24, 2.45) is 5.73 Å². The quantitative estimate of drug-likeness (QED) is 0.757. The van der Waals surface area contributed by atoms with E-state index in [0.717, 1.165) is 22.6 Å². The largest absolute Gasteiger partial charge is 0.369 e. The van der Waals surface area contributed by atoms with Gasteiger partial charge in [0.15, 0.2) is 0 Å². The Labute approximate surface area is 121 Å². The molecule has 3 heterocycles. The molecule has 104 valence electrons. The molecule has 0 aliphatic carbocycles. The number of nitriles is 1. The number of aromatic nitrogens is 3. The molecule has 6 heteroatoms. The summed E-state index contributed by atoms with van der Waals surface area (Å²) in [6.07, 6.45) is 3.53. The first-order valence-corrected chi connectivity index (χ1v) is 6.60. The first kappa shape index (κ1) is 13.1. The van der Waals surface area contributed by atoms with Crippen LogP contribution in [0.25, 0.3) is 16.8 Å². The highest BCUT2D eigenvalue weighted by atomic mass is 15.2. The van der Waals surface area contributed by atoms with Crippen molar-refractivity contribution in [1.82, 2.24) is 14.6 Å². The Hall–Kier alpha value is -2.91. The monoisotopic (exact) mass is 278 g/mol. The van der Waals surface area contributed by atoms with Crippen LogP contribution in [0.3, 0.4) is 0 Å². The number of nitrogens with one attached hydrogen (secondary N) is 1. The summed E-state index contributed by atoms with van der Waals surface area (Å²) in [6, 6.07) is 11.4. The van der Waals surface area contributed by atoms with Gasteiger partial charge in [-0.1, -0.05) is 6.07 Å². The van der Waals surface area contributed by atoms with Gasteiger partial charge in [-0.05, 0) is 24.3 Å². The van der Waals surface area contributed by atoms with Crippen LogP contribution in [0.1, 0.15) is 5.56 Å². The van der Waals surface area contributed by atoms with Crippen molar-refractivity contribution < 1.29 is 0 Å². The maximum absolute atomic E-state index is 9.02. The van der Waals surface area contributed by atoms with E-state index in [1.165, 1.54) is 0 Å². The number of hydrogen-bond acceptors (Lipinski definition) is 5. The third-order valence-electron chi connectivity index (χ3n) is 3.13. The third kappa shape index (κ3) is 2.55. The molecule has 3 aromatic rings. The lowest BCUT2D eigenvalue weighted by Crippen LogP contribution is -2.13. The molecule has 3 aromatic heterocycles. The van der Waals surface area contributed by atoms with Gasteiger partial charge in [-0.2, -0.15) is 10.4 Å². The van der Waals surface area contributed by atoms with E-state index >= 15 is 0 Å². The molecule has 0 aromatic carbocycles. The Kier molecular flexibility index (Phi) is 3.50. The van der Waals surface area contributed by atoms with Gasteiger partial charge < -0.3 is 11.1 Å². The molecule has 6 nitrogen and oxygen atoms in total. The summed E-state index contributed by atoms with van der Waals surface area (Å²) in [6.45, 7) is 1.22. The molecular weight excluding hydrogens is 264 g/mol. The number of fused-ring (bicyclic) bond motifs is 1. The summed E-state index contributed by atoms with van der Waals surface area (Å²) in [5, 5.41) is 16.5. The van der Waals surface area contributed by atoms with Gasteiger partial charge in [0.25, 0.3) is 0 Å². The van der Waals surface area contributed by atoms with Gasteiger partial charge in [0.2, 0.25) is 0 Å². The lowest BCUT2D eigenvalue weighted by molar-refractivity contribution is 0.960. The van der Waals surface area contributed by atoms with E-state index in [9.17, 15) is 0 Å². The first-order valence-electron chi connectivity index (χ1n) is 6.60. The van der Waals surface area contributed by atoms with Gasteiger partial charge >= 0.3 is 0 Å². The Bertz CT molecular complexity index is 814. The van der Waals surface area contributed by atoms with Crippen LogP contribution in [-0.2, 0) is 0 Å². The normalized spacial score (nSPS) is 10.5. The molecule has 0 saturated heterocycles. The van der Waals surface area contributed by atoms with Crippen molar-refractivity contribution in [3.05, 3.63) is 48.3 Å². The van der Waals surface area contributed by atoms with Gasteiger partial charge in [0.05, 0.1) is 29.0 Å². The molecule has 0 aliphatic heterocycles. The second kappa shape index (κ2) is 5.61. The van der Waals surface area contributed by atoms with Gasteiger partial charge in [-0.3, -0.25) is 0 Å². The van der Waals surface area contributed by atoms with Gasteiger partial charge in [0, 0.05) is 24.8 Å². The van der Waals surface area contributed by atoms with E-state index in [1.54, 1.807) is 23.0 Å². The summed E-state index contributed by atoms with van der Waals surface area (Å²) in [7, 11) is 0. The van der Waals surface area contributed by atoms with E-state index < -0.39 is 0 Å². The highest BCUT2D eigenvalue weighted by molar-refractivity contribution is 5.79. The van der Waals surface area contributed by atoms with E-state index in [-0.39, 0.29) is 0 Å². The van der Waals surface area contributed by atoms with Crippen molar-refractivity contribution in [1.29, 1.82) is 5.26 Å². The predicted octanol–water partition coefficient (Wildman–Crippen LogP) is 1.64. The van der Waals surface area contributed by atoms with E-state index in [4.69, 9.17) is 11.0 Å². The van der Waals surface area contributed by atoms with Crippen LogP contribution in [0, 0.1) is 11.3 Å². The molecule has 3 N–H and O–H groups in total. The van der Waals surface area contributed by atoms with E-state index in [2.05, 4.69) is 21.5 Å². The topological polar surface area (TPSA) is 92.0 Å². The van der Waals surface area contributed by atoms with Crippen molar-refractivity contribution in [3.8, 4) is 17.3 Å². The minimum Gasteiger partial charge on any atom is -0.369 e. The van der Waals surface area contributed by atoms with Crippen LogP contribution in [0.15, 0.2) is 42.7 Å². The Balaban J connectivity index is 2.06. The number of anilines is 1. The average molecular weight is 278 g/mol. The summed E-state index contributed by atoms with van der Waals surface area (Å²) in [5.74, 6) is 0.772. The highest BCUT2D eigenvalue weighted by Gasteiger charge is 2.09. The standard InChI is InChI=1S/C15H14N6/c16-5-6-18-15-3-1-2-13(20-15)12-10-19-21-7-4-11(9-17)8-14(12)21/h1-4,7-8,10H,5-6,16H2,(H,18,20). The fourth-order valence-electron chi connectivity index (χ4n) is 2.13. The molecule has 0 bridgehead atoms. The van der Waals surface area contributed by atoms with Gasteiger partial charge in [-0.15, -0.1) is 0 Å². The second-order valence-corrected chi connectivity index (χ2v) is 4.54. The number of nitrogens with zero attached hydrogens (tertiary/aromatic N) is 4. The Morgan fingerprint density at radius 2 is 2.24 bits per heavy atom. The van der Waals surface area contributed by atoms with E-state index in [1.807, 2.05) is 24.3 Å².